The third-order valence-corrected chi connectivity index (χ3v) is 5.89. The maximum absolute atomic E-state index is 14.2. The van der Waals surface area contributed by atoms with E-state index in [2.05, 4.69) is 20.0 Å². The lowest BCUT2D eigenvalue weighted by atomic mass is 10.2. The highest BCUT2D eigenvalue weighted by atomic mass is 35.5. The molecule has 0 aliphatic heterocycles. The molecule has 0 saturated heterocycles. The van der Waals surface area contributed by atoms with Gasteiger partial charge in [-0.1, -0.05) is 53.7 Å². The van der Waals surface area contributed by atoms with E-state index >= 15 is 0 Å². The predicted molar refractivity (Wildman–Crippen MR) is 121 cm³/mol. The van der Waals surface area contributed by atoms with Crippen molar-refractivity contribution in [1.82, 2.24) is 9.97 Å². The fourth-order valence-electron chi connectivity index (χ4n) is 2.36. The van der Waals surface area contributed by atoms with Gasteiger partial charge in [0.2, 0.25) is 0 Å². The van der Waals surface area contributed by atoms with E-state index in [0.29, 0.717) is 29.1 Å². The summed E-state index contributed by atoms with van der Waals surface area (Å²) in [5.74, 6) is 0.486. The number of aromatic nitrogens is 2. The minimum atomic E-state index is -0.584. The van der Waals surface area contributed by atoms with Gasteiger partial charge in [-0.15, -0.1) is 0 Å². The number of halogens is 3. The smallest absolute Gasteiger partial charge is 0.191 e. The molecule has 0 unspecified atom stereocenters. The molecule has 0 radical (unpaired) electrons. The molecule has 5 nitrogen and oxygen atoms in total. The predicted octanol–water partition coefficient (Wildman–Crippen LogP) is 5.79. The van der Waals surface area contributed by atoms with Crippen molar-refractivity contribution >= 4 is 46.9 Å². The van der Waals surface area contributed by atoms with Crippen LogP contribution in [0.5, 0.6) is 0 Å². The average Bonchev–Trinajstić information content (AvgIpc) is 2.88. The fourth-order valence-corrected chi connectivity index (χ4v) is 4.11. The lowest BCUT2D eigenvalue weighted by molar-refractivity contribution is 0.311. The van der Waals surface area contributed by atoms with Gasteiger partial charge in [0.1, 0.15) is 23.3 Å². The first-order valence-corrected chi connectivity index (χ1v) is 11.2. The van der Waals surface area contributed by atoms with Gasteiger partial charge in [0.05, 0.1) is 16.5 Å². The standard InChI is InChI=1S/C20H19ClF2N4OS2/c21-14-10-17(16(23)7-6-15(14)22)30-27-19-11-18(24-8-9-28)25-20(26-19)29-12-13-4-2-1-3-5-13/h1-5,7,10-11,28H,6,8-9,12H2,(H2,24,25,26,27). The lowest BCUT2D eigenvalue weighted by Gasteiger charge is -2.11. The second-order valence-corrected chi connectivity index (χ2v) is 8.27. The van der Waals surface area contributed by atoms with Gasteiger partial charge in [0.25, 0.3) is 0 Å². The van der Waals surface area contributed by atoms with Crippen molar-refractivity contribution in [2.45, 2.75) is 17.3 Å². The van der Waals surface area contributed by atoms with Gasteiger partial charge in [-0.05, 0) is 29.7 Å². The van der Waals surface area contributed by atoms with Crippen LogP contribution in [0.25, 0.3) is 0 Å². The molecular weight excluding hydrogens is 450 g/mol. The van der Waals surface area contributed by atoms with Gasteiger partial charge in [-0.3, -0.25) is 0 Å². The van der Waals surface area contributed by atoms with Crippen molar-refractivity contribution in [1.29, 1.82) is 0 Å². The van der Waals surface area contributed by atoms with E-state index in [4.69, 9.17) is 16.7 Å². The van der Waals surface area contributed by atoms with Crippen LogP contribution in [0.15, 0.2) is 75.3 Å². The van der Waals surface area contributed by atoms with E-state index in [1.54, 1.807) is 6.07 Å². The molecule has 0 bridgehead atoms. The topological polar surface area (TPSA) is 70.1 Å². The van der Waals surface area contributed by atoms with Gasteiger partial charge >= 0.3 is 0 Å². The average molecular weight is 469 g/mol. The number of nitrogens with one attached hydrogen (secondary N) is 2. The second kappa shape index (κ2) is 11.4. The summed E-state index contributed by atoms with van der Waals surface area (Å²) in [6, 6.07) is 11.5. The quantitative estimate of drug-likeness (QED) is 0.244. The Kier molecular flexibility index (Phi) is 8.56. The molecule has 0 spiro atoms. The molecule has 0 fully saturated rings. The Balaban J connectivity index is 1.74. The summed E-state index contributed by atoms with van der Waals surface area (Å²) in [6.07, 6.45) is 2.19. The number of rotatable bonds is 9. The molecule has 0 atom stereocenters. The van der Waals surface area contributed by atoms with Crippen molar-refractivity contribution in [3.05, 3.63) is 75.7 Å². The Morgan fingerprint density at radius 1 is 1.13 bits per heavy atom. The molecule has 1 aliphatic rings. The number of aliphatic hydroxyl groups excluding tert-OH is 1. The van der Waals surface area contributed by atoms with Crippen LogP contribution < -0.4 is 10.0 Å². The molecule has 1 heterocycles. The summed E-state index contributed by atoms with van der Waals surface area (Å²) in [4.78, 5) is 9.04. The minimum absolute atomic E-state index is 0.0483. The number of thioether (sulfide) groups is 1. The highest BCUT2D eigenvalue weighted by Gasteiger charge is 2.14. The van der Waals surface area contributed by atoms with Crippen LogP contribution in [0.2, 0.25) is 0 Å². The van der Waals surface area contributed by atoms with Crippen LogP contribution in [0, 0.1) is 0 Å². The van der Waals surface area contributed by atoms with E-state index in [-0.39, 0.29) is 23.0 Å². The Morgan fingerprint density at radius 2 is 1.90 bits per heavy atom. The summed E-state index contributed by atoms with van der Waals surface area (Å²) >= 11 is 8.23. The zero-order valence-corrected chi connectivity index (χ0v) is 18.1. The first-order valence-electron chi connectivity index (χ1n) is 9.00. The fraction of sp³-hybridized carbons (Fsp3) is 0.200. The molecule has 0 saturated carbocycles. The van der Waals surface area contributed by atoms with Crippen LogP contribution in [-0.2, 0) is 5.75 Å². The van der Waals surface area contributed by atoms with Crippen LogP contribution in [0.4, 0.5) is 20.4 Å². The van der Waals surface area contributed by atoms with E-state index in [1.165, 1.54) is 17.8 Å². The van der Waals surface area contributed by atoms with E-state index in [1.807, 2.05) is 30.3 Å². The summed E-state index contributed by atoms with van der Waals surface area (Å²) in [5, 5.41) is 12.4. The molecule has 3 rings (SSSR count). The summed E-state index contributed by atoms with van der Waals surface area (Å²) in [5.41, 5.74) is 1.13. The number of nitrogens with zero attached hydrogens (tertiary/aromatic N) is 2. The highest BCUT2D eigenvalue weighted by Crippen LogP contribution is 2.34. The lowest BCUT2D eigenvalue weighted by Crippen LogP contribution is -2.08. The molecule has 2 aromatic rings. The van der Waals surface area contributed by atoms with Crippen molar-refractivity contribution in [2.75, 3.05) is 23.2 Å². The Bertz CT molecular complexity index is 971. The maximum atomic E-state index is 14.2. The number of anilines is 2. The Hall–Kier alpha value is -2.07. The summed E-state index contributed by atoms with van der Waals surface area (Å²) in [7, 11) is 0. The second-order valence-electron chi connectivity index (χ2n) is 6.07. The monoisotopic (exact) mass is 468 g/mol. The number of allylic oxidation sites excluding steroid dienone is 5. The van der Waals surface area contributed by atoms with Crippen molar-refractivity contribution in [2.24, 2.45) is 0 Å². The molecule has 1 aromatic carbocycles. The van der Waals surface area contributed by atoms with E-state index in [9.17, 15) is 8.78 Å². The van der Waals surface area contributed by atoms with Gasteiger partial charge in [0, 0.05) is 24.8 Å². The van der Waals surface area contributed by atoms with Gasteiger partial charge < -0.3 is 15.1 Å². The Morgan fingerprint density at radius 3 is 2.67 bits per heavy atom. The molecule has 30 heavy (non-hydrogen) atoms. The minimum Gasteiger partial charge on any atom is -0.395 e. The molecule has 10 heteroatoms. The van der Waals surface area contributed by atoms with Crippen molar-refractivity contribution in [3.63, 3.8) is 0 Å². The van der Waals surface area contributed by atoms with E-state index < -0.39 is 11.7 Å². The van der Waals surface area contributed by atoms with Crippen LogP contribution in [0.1, 0.15) is 12.0 Å². The first-order chi connectivity index (χ1) is 14.5. The van der Waals surface area contributed by atoms with Gasteiger partial charge in [0.15, 0.2) is 5.16 Å². The number of benzene rings is 1. The zero-order valence-electron chi connectivity index (χ0n) is 15.7. The molecule has 158 valence electrons. The van der Waals surface area contributed by atoms with E-state index in [0.717, 1.165) is 23.6 Å². The summed E-state index contributed by atoms with van der Waals surface area (Å²) in [6.45, 7) is 0.280. The molecule has 3 N–H and O–H groups in total. The number of hydrogen-bond acceptors (Lipinski definition) is 7. The normalized spacial score (nSPS) is 14.1. The Labute approximate surface area is 186 Å². The molecule has 1 aliphatic carbocycles. The van der Waals surface area contributed by atoms with Crippen LogP contribution in [-0.4, -0.2) is 28.2 Å². The molecule has 1 aromatic heterocycles. The summed E-state index contributed by atoms with van der Waals surface area (Å²) < 4.78 is 30.8. The molecular formula is C20H19ClF2N4OS2. The highest BCUT2D eigenvalue weighted by molar-refractivity contribution is 8.04. The van der Waals surface area contributed by atoms with Gasteiger partial charge in [-0.25, -0.2) is 18.7 Å². The van der Waals surface area contributed by atoms with Crippen LogP contribution >= 0.6 is 35.3 Å². The number of aliphatic hydroxyl groups is 1. The van der Waals surface area contributed by atoms with Crippen molar-refractivity contribution < 1.29 is 13.9 Å². The van der Waals surface area contributed by atoms with Crippen molar-refractivity contribution in [3.8, 4) is 0 Å². The largest absolute Gasteiger partial charge is 0.395 e. The van der Waals surface area contributed by atoms with Crippen LogP contribution in [0.3, 0.4) is 0 Å². The number of hydrogen-bond donors (Lipinski definition) is 3. The molecule has 0 amide bonds. The third-order valence-electron chi connectivity index (χ3n) is 3.81. The zero-order chi connectivity index (χ0) is 21.3. The van der Waals surface area contributed by atoms with Gasteiger partial charge in [-0.2, -0.15) is 0 Å². The third kappa shape index (κ3) is 6.73. The first kappa shape index (κ1) is 22.6. The SMILES string of the molecule is OCCNc1cc(NSC2=CC(Cl)=C(F)CC=C2F)nc(SCc2ccccc2)n1. The maximum Gasteiger partial charge on any atom is 0.191 e.